The lowest BCUT2D eigenvalue weighted by molar-refractivity contribution is -0.121. The Labute approximate surface area is 151 Å². The molecule has 3 rings (SSSR count). The maximum Gasteiger partial charge on any atom is 0.269 e. The fourth-order valence-corrected chi connectivity index (χ4v) is 4.43. The third-order valence-corrected chi connectivity index (χ3v) is 5.97. The van der Waals surface area contributed by atoms with Gasteiger partial charge < -0.3 is 10.1 Å². The Balaban J connectivity index is 1.76. The van der Waals surface area contributed by atoms with Crippen LogP contribution in [0.3, 0.4) is 0 Å². The zero-order valence-corrected chi connectivity index (χ0v) is 15.1. The molecule has 7 nitrogen and oxygen atoms in total. The quantitative estimate of drug-likeness (QED) is 0.860. The Kier molecular flexibility index (Phi) is 4.69. The van der Waals surface area contributed by atoms with Crippen molar-refractivity contribution in [2.24, 2.45) is 0 Å². The fourth-order valence-electron chi connectivity index (χ4n) is 2.91. The van der Waals surface area contributed by atoms with E-state index in [2.05, 4.69) is 5.32 Å². The molecule has 0 saturated carbocycles. The Morgan fingerprint density at radius 1 is 1.15 bits per heavy atom. The summed E-state index contributed by atoms with van der Waals surface area (Å²) in [6, 6.07) is 12.7. The van der Waals surface area contributed by atoms with Gasteiger partial charge >= 0.3 is 0 Å². The van der Waals surface area contributed by atoms with E-state index in [1.165, 1.54) is 25.3 Å². The van der Waals surface area contributed by atoms with E-state index in [0.717, 1.165) is 5.56 Å². The van der Waals surface area contributed by atoms with E-state index < -0.39 is 34.4 Å². The van der Waals surface area contributed by atoms with E-state index in [0.29, 0.717) is 10.1 Å². The number of para-hydroxylation sites is 1. The van der Waals surface area contributed by atoms with Gasteiger partial charge in [-0.15, -0.1) is 0 Å². The molecule has 0 aromatic heterocycles. The second-order valence-corrected chi connectivity index (χ2v) is 7.67. The first-order valence-electron chi connectivity index (χ1n) is 7.94. The Hall–Kier alpha value is -2.87. The summed E-state index contributed by atoms with van der Waals surface area (Å²) in [6.45, 7) is 1.18. The maximum absolute atomic E-state index is 12.5. The predicted octanol–water partition coefficient (Wildman–Crippen LogP) is 1.72. The largest absolute Gasteiger partial charge is 0.496 e. The molecule has 2 aromatic rings. The Bertz CT molecular complexity index is 971. The molecule has 0 saturated heterocycles. The molecule has 1 aliphatic rings. The van der Waals surface area contributed by atoms with Crippen LogP contribution in [-0.2, 0) is 14.8 Å². The number of benzene rings is 2. The van der Waals surface area contributed by atoms with Gasteiger partial charge in [0.15, 0.2) is 0 Å². The lowest BCUT2D eigenvalue weighted by Crippen LogP contribution is -2.41. The molecule has 0 spiro atoms. The van der Waals surface area contributed by atoms with Gasteiger partial charge in [-0.05, 0) is 25.1 Å². The molecule has 1 aliphatic heterocycles. The summed E-state index contributed by atoms with van der Waals surface area (Å²) < 4.78 is 30.8. The average molecular weight is 374 g/mol. The highest BCUT2D eigenvalue weighted by Gasteiger charge is 2.41. The second kappa shape index (κ2) is 6.80. The molecular formula is C18H18N2O5S. The minimum atomic E-state index is -4.01. The maximum atomic E-state index is 12.5. The van der Waals surface area contributed by atoms with E-state index in [9.17, 15) is 18.0 Å². The first kappa shape index (κ1) is 17.9. The summed E-state index contributed by atoms with van der Waals surface area (Å²) in [6.07, 6.45) is 0. The number of fused-ring (bicyclic) bond motifs is 1. The minimum absolute atomic E-state index is 0.0735. The van der Waals surface area contributed by atoms with Crippen LogP contribution >= 0.6 is 0 Å². The highest BCUT2D eigenvalue weighted by molar-refractivity contribution is 7.90. The molecule has 136 valence electrons. The molecule has 0 unspecified atom stereocenters. The number of hydrogen-bond acceptors (Lipinski definition) is 5. The highest BCUT2D eigenvalue weighted by atomic mass is 32.2. The third-order valence-electron chi connectivity index (χ3n) is 4.18. The smallest absolute Gasteiger partial charge is 0.269 e. The van der Waals surface area contributed by atoms with Crippen LogP contribution in [0.25, 0.3) is 0 Å². The van der Waals surface area contributed by atoms with Gasteiger partial charge in [-0.2, -0.15) is 0 Å². The molecule has 2 aromatic carbocycles. The summed E-state index contributed by atoms with van der Waals surface area (Å²) in [7, 11) is -2.48. The van der Waals surface area contributed by atoms with E-state index in [4.69, 9.17) is 4.74 Å². The summed E-state index contributed by atoms with van der Waals surface area (Å²) >= 11 is 0. The molecule has 0 radical (unpaired) electrons. The van der Waals surface area contributed by atoms with Gasteiger partial charge in [0.25, 0.3) is 15.9 Å². The normalized spacial score (nSPS) is 16.1. The number of carbonyl (C=O) groups excluding carboxylic acids is 2. The molecule has 0 bridgehead atoms. The number of nitrogens with zero attached hydrogens (tertiary/aromatic N) is 1. The number of methoxy groups -OCH3 is 1. The zero-order chi connectivity index (χ0) is 18.9. The first-order chi connectivity index (χ1) is 12.4. The van der Waals surface area contributed by atoms with Crippen molar-refractivity contribution in [3.05, 3.63) is 59.7 Å². The molecular weight excluding hydrogens is 356 g/mol. The monoisotopic (exact) mass is 374 g/mol. The highest BCUT2D eigenvalue weighted by Crippen LogP contribution is 2.30. The van der Waals surface area contributed by atoms with Crippen LogP contribution < -0.4 is 10.1 Å². The summed E-state index contributed by atoms with van der Waals surface area (Å²) in [5, 5.41) is 2.71. The second-order valence-electron chi connectivity index (χ2n) is 5.84. The van der Waals surface area contributed by atoms with Crippen molar-refractivity contribution in [3.8, 4) is 5.75 Å². The predicted molar refractivity (Wildman–Crippen MR) is 94.2 cm³/mol. The van der Waals surface area contributed by atoms with Gasteiger partial charge in [-0.25, -0.2) is 12.7 Å². The molecule has 1 atom stereocenters. The van der Waals surface area contributed by atoms with Gasteiger partial charge in [-0.3, -0.25) is 9.59 Å². The van der Waals surface area contributed by atoms with E-state index in [1.807, 2.05) is 12.1 Å². The van der Waals surface area contributed by atoms with Crippen molar-refractivity contribution < 1.29 is 22.7 Å². The van der Waals surface area contributed by atoms with Gasteiger partial charge in [0.05, 0.1) is 18.7 Å². The van der Waals surface area contributed by atoms with Crippen molar-refractivity contribution in [1.82, 2.24) is 9.62 Å². The average Bonchev–Trinajstić information content (AvgIpc) is 2.83. The molecule has 0 aliphatic carbocycles. The lowest BCUT2D eigenvalue weighted by Gasteiger charge is -2.19. The van der Waals surface area contributed by atoms with Gasteiger partial charge in [0.1, 0.15) is 17.2 Å². The molecule has 2 amide bonds. The number of sulfonamides is 1. The Morgan fingerprint density at radius 2 is 1.81 bits per heavy atom. The van der Waals surface area contributed by atoms with Gasteiger partial charge in [0.2, 0.25) is 5.91 Å². The van der Waals surface area contributed by atoms with Crippen molar-refractivity contribution in [1.29, 1.82) is 0 Å². The number of rotatable bonds is 5. The van der Waals surface area contributed by atoms with Crippen LogP contribution in [0.15, 0.2) is 53.4 Å². The zero-order valence-electron chi connectivity index (χ0n) is 14.3. The standard InChI is InChI=1S/C18H18N2O5S/c1-12(13-7-3-5-9-15(13)25-2)19-17(21)11-20-18(22)14-8-4-6-10-16(14)26(20,23)24/h3-10,12H,11H2,1-2H3,(H,19,21)/t12-/m0/s1. The molecule has 0 fully saturated rings. The molecule has 8 heteroatoms. The number of ether oxygens (including phenoxy) is 1. The summed E-state index contributed by atoms with van der Waals surface area (Å²) in [4.78, 5) is 24.6. The van der Waals surface area contributed by atoms with Crippen LogP contribution in [0.4, 0.5) is 0 Å². The SMILES string of the molecule is COc1ccccc1[C@H](C)NC(=O)CN1C(=O)c2ccccc2S1(=O)=O. The Morgan fingerprint density at radius 3 is 2.50 bits per heavy atom. The topological polar surface area (TPSA) is 92.8 Å². The van der Waals surface area contributed by atoms with Crippen LogP contribution in [0.5, 0.6) is 5.75 Å². The van der Waals surface area contributed by atoms with Crippen LogP contribution in [0, 0.1) is 0 Å². The fraction of sp³-hybridized carbons (Fsp3) is 0.222. The number of hydrogen-bond donors (Lipinski definition) is 1. The lowest BCUT2D eigenvalue weighted by atomic mass is 10.1. The summed E-state index contributed by atoms with van der Waals surface area (Å²) in [5.41, 5.74) is 0.834. The van der Waals surface area contributed by atoms with Crippen molar-refractivity contribution in [2.45, 2.75) is 17.9 Å². The van der Waals surface area contributed by atoms with E-state index in [-0.39, 0.29) is 10.5 Å². The number of carbonyl (C=O) groups is 2. The molecule has 26 heavy (non-hydrogen) atoms. The minimum Gasteiger partial charge on any atom is -0.496 e. The van der Waals surface area contributed by atoms with Crippen molar-refractivity contribution >= 4 is 21.8 Å². The van der Waals surface area contributed by atoms with Crippen molar-refractivity contribution in [3.63, 3.8) is 0 Å². The van der Waals surface area contributed by atoms with Gasteiger partial charge in [0, 0.05) is 5.56 Å². The molecule has 1 heterocycles. The molecule has 1 N–H and O–H groups in total. The first-order valence-corrected chi connectivity index (χ1v) is 9.38. The van der Waals surface area contributed by atoms with Gasteiger partial charge in [-0.1, -0.05) is 30.3 Å². The van der Waals surface area contributed by atoms with Crippen LogP contribution in [0.2, 0.25) is 0 Å². The number of nitrogens with one attached hydrogen (secondary N) is 1. The summed E-state index contributed by atoms with van der Waals surface area (Å²) in [5.74, 6) is -0.661. The van der Waals surface area contributed by atoms with E-state index in [1.54, 1.807) is 25.1 Å². The van der Waals surface area contributed by atoms with E-state index >= 15 is 0 Å². The van der Waals surface area contributed by atoms with Crippen LogP contribution in [0.1, 0.15) is 28.9 Å². The number of amides is 2. The third kappa shape index (κ3) is 3.03. The van der Waals surface area contributed by atoms with Crippen LogP contribution in [-0.4, -0.2) is 38.2 Å². The van der Waals surface area contributed by atoms with Crippen molar-refractivity contribution in [2.75, 3.05) is 13.7 Å².